The molecule has 2 heterocycles. The molecule has 1 aliphatic rings. The van der Waals surface area contributed by atoms with Crippen molar-refractivity contribution in [2.75, 3.05) is 24.8 Å². The Morgan fingerprint density at radius 1 is 1.45 bits per heavy atom. The number of nitrogens with two attached hydrogens (primary N) is 1. The van der Waals surface area contributed by atoms with E-state index < -0.39 is 10.0 Å². The van der Waals surface area contributed by atoms with Crippen molar-refractivity contribution in [1.29, 1.82) is 0 Å². The van der Waals surface area contributed by atoms with Gasteiger partial charge in [0.05, 0.1) is 0 Å². The molecule has 1 atom stereocenters. The summed E-state index contributed by atoms with van der Waals surface area (Å²) in [4.78, 5) is 4.11. The minimum absolute atomic E-state index is 0.144. The van der Waals surface area contributed by atoms with Gasteiger partial charge in [-0.2, -0.15) is 16.1 Å². The van der Waals surface area contributed by atoms with Gasteiger partial charge >= 0.3 is 0 Å². The zero-order valence-electron chi connectivity index (χ0n) is 11.4. The van der Waals surface area contributed by atoms with Gasteiger partial charge < -0.3 is 5.43 Å². The lowest BCUT2D eigenvalue weighted by atomic mass is 10.2. The highest BCUT2D eigenvalue weighted by Crippen LogP contribution is 2.27. The average Bonchev–Trinajstić information content (AvgIpc) is 2.73. The standard InChI is InChI=1S/C12H20N4O2S2/c1-19-10-4-3-8-16(9-6-10)20(17,18)11-5-2-7-14-12(11)15-13/h2,5,7,10H,3-4,6,8-9,13H2,1H3,(H,14,15). The number of sulfonamides is 1. The number of rotatable bonds is 4. The number of anilines is 1. The number of hydrogen-bond donors (Lipinski definition) is 2. The first-order chi connectivity index (χ1) is 9.59. The fourth-order valence-electron chi connectivity index (χ4n) is 2.36. The van der Waals surface area contributed by atoms with Crippen molar-refractivity contribution in [2.45, 2.75) is 29.4 Å². The van der Waals surface area contributed by atoms with Crippen LogP contribution in [0.25, 0.3) is 0 Å². The second-order valence-corrected chi connectivity index (χ2v) is 7.73. The van der Waals surface area contributed by atoms with E-state index in [4.69, 9.17) is 5.84 Å². The van der Waals surface area contributed by atoms with Crippen LogP contribution in [0, 0.1) is 0 Å². The zero-order valence-corrected chi connectivity index (χ0v) is 13.1. The summed E-state index contributed by atoms with van der Waals surface area (Å²) in [5.41, 5.74) is 2.36. The van der Waals surface area contributed by atoms with Gasteiger partial charge in [-0.05, 0) is 37.7 Å². The van der Waals surface area contributed by atoms with Crippen LogP contribution in [0.2, 0.25) is 0 Å². The first kappa shape index (κ1) is 15.6. The normalized spacial score (nSPS) is 21.4. The van der Waals surface area contributed by atoms with Crippen LogP contribution in [-0.4, -0.2) is 42.3 Å². The van der Waals surface area contributed by atoms with E-state index in [0.717, 1.165) is 19.3 Å². The third-order valence-electron chi connectivity index (χ3n) is 3.49. The van der Waals surface area contributed by atoms with Gasteiger partial charge in [0.25, 0.3) is 0 Å². The fourth-order valence-corrected chi connectivity index (χ4v) is 4.71. The highest BCUT2D eigenvalue weighted by Gasteiger charge is 2.29. The molecule has 0 aliphatic carbocycles. The molecule has 0 aromatic carbocycles. The summed E-state index contributed by atoms with van der Waals surface area (Å²) in [6.07, 6.45) is 6.41. The van der Waals surface area contributed by atoms with E-state index in [2.05, 4.69) is 16.7 Å². The SMILES string of the molecule is CSC1CCCN(S(=O)(=O)c2cccnc2NN)CC1. The van der Waals surface area contributed by atoms with Crippen molar-refractivity contribution in [2.24, 2.45) is 5.84 Å². The van der Waals surface area contributed by atoms with Gasteiger partial charge in [-0.1, -0.05) is 0 Å². The fraction of sp³-hybridized carbons (Fsp3) is 0.583. The Morgan fingerprint density at radius 2 is 2.25 bits per heavy atom. The molecule has 1 fully saturated rings. The number of hydrazine groups is 1. The van der Waals surface area contributed by atoms with Gasteiger partial charge in [-0.15, -0.1) is 0 Å². The van der Waals surface area contributed by atoms with Crippen molar-refractivity contribution in [1.82, 2.24) is 9.29 Å². The molecule has 2 rings (SSSR count). The lowest BCUT2D eigenvalue weighted by molar-refractivity contribution is 0.424. The molecule has 6 nitrogen and oxygen atoms in total. The lowest BCUT2D eigenvalue weighted by Gasteiger charge is -2.21. The van der Waals surface area contributed by atoms with E-state index in [-0.39, 0.29) is 10.7 Å². The Morgan fingerprint density at radius 3 is 2.95 bits per heavy atom. The first-order valence-electron chi connectivity index (χ1n) is 6.54. The Balaban J connectivity index is 2.26. The third-order valence-corrected chi connectivity index (χ3v) is 6.56. The lowest BCUT2D eigenvalue weighted by Crippen LogP contribution is -2.33. The highest BCUT2D eigenvalue weighted by atomic mass is 32.2. The van der Waals surface area contributed by atoms with E-state index in [1.807, 2.05) is 11.8 Å². The summed E-state index contributed by atoms with van der Waals surface area (Å²) in [6.45, 7) is 1.10. The van der Waals surface area contributed by atoms with E-state index in [1.165, 1.54) is 12.3 Å². The second-order valence-electron chi connectivity index (χ2n) is 4.69. The summed E-state index contributed by atoms with van der Waals surface area (Å²) in [5.74, 6) is 5.55. The van der Waals surface area contributed by atoms with Crippen molar-refractivity contribution in [3.05, 3.63) is 18.3 Å². The van der Waals surface area contributed by atoms with E-state index in [0.29, 0.717) is 18.3 Å². The Labute approximate surface area is 124 Å². The van der Waals surface area contributed by atoms with Crippen LogP contribution in [0.5, 0.6) is 0 Å². The van der Waals surface area contributed by atoms with Crippen LogP contribution >= 0.6 is 11.8 Å². The third kappa shape index (κ3) is 3.25. The largest absolute Gasteiger partial charge is 0.307 e. The predicted octanol–water partition coefficient (Wildman–Crippen LogP) is 1.27. The Bertz CT molecular complexity index is 550. The molecule has 1 aliphatic heterocycles. The summed E-state index contributed by atoms with van der Waals surface area (Å²) < 4.78 is 26.9. The van der Waals surface area contributed by atoms with Crippen LogP contribution < -0.4 is 11.3 Å². The monoisotopic (exact) mass is 316 g/mol. The van der Waals surface area contributed by atoms with Gasteiger partial charge in [0.1, 0.15) is 4.90 Å². The quantitative estimate of drug-likeness (QED) is 0.642. The molecular weight excluding hydrogens is 296 g/mol. The first-order valence-corrected chi connectivity index (χ1v) is 9.27. The molecule has 0 amide bonds. The van der Waals surface area contributed by atoms with Crippen molar-refractivity contribution >= 4 is 27.6 Å². The number of thioether (sulfide) groups is 1. The Kier molecular flexibility index (Phi) is 5.25. The number of pyridine rings is 1. The van der Waals surface area contributed by atoms with Gasteiger partial charge in [-0.25, -0.2) is 19.2 Å². The number of nitrogen functional groups attached to an aromatic ring is 1. The van der Waals surface area contributed by atoms with Crippen molar-refractivity contribution < 1.29 is 8.42 Å². The molecule has 1 unspecified atom stereocenters. The summed E-state index contributed by atoms with van der Waals surface area (Å²) in [6, 6.07) is 3.14. The van der Waals surface area contributed by atoms with Gasteiger partial charge in [-0.3, -0.25) is 0 Å². The molecular formula is C12H20N4O2S2. The molecule has 0 radical (unpaired) electrons. The zero-order chi connectivity index (χ0) is 14.6. The van der Waals surface area contributed by atoms with Gasteiger partial charge in [0.2, 0.25) is 10.0 Å². The Hall–Kier alpha value is -0.830. The minimum atomic E-state index is -3.54. The minimum Gasteiger partial charge on any atom is -0.307 e. The van der Waals surface area contributed by atoms with Gasteiger partial charge in [0, 0.05) is 24.5 Å². The molecule has 0 saturated carbocycles. The maximum atomic E-state index is 12.7. The van der Waals surface area contributed by atoms with Crippen LogP contribution in [-0.2, 0) is 10.0 Å². The molecule has 1 saturated heterocycles. The van der Waals surface area contributed by atoms with Gasteiger partial charge in [0.15, 0.2) is 5.82 Å². The molecule has 8 heteroatoms. The maximum Gasteiger partial charge on any atom is 0.246 e. The van der Waals surface area contributed by atoms with Crippen LogP contribution in [0.4, 0.5) is 5.82 Å². The van der Waals surface area contributed by atoms with E-state index in [9.17, 15) is 8.42 Å². The molecule has 1 aromatic heterocycles. The smallest absolute Gasteiger partial charge is 0.246 e. The second kappa shape index (κ2) is 6.75. The van der Waals surface area contributed by atoms with Crippen LogP contribution in [0.3, 0.4) is 0 Å². The molecule has 112 valence electrons. The topological polar surface area (TPSA) is 88.3 Å². The highest BCUT2D eigenvalue weighted by molar-refractivity contribution is 7.99. The number of nitrogens with one attached hydrogen (secondary N) is 1. The summed E-state index contributed by atoms with van der Waals surface area (Å²) in [5, 5.41) is 0.538. The van der Waals surface area contributed by atoms with Crippen LogP contribution in [0.15, 0.2) is 23.2 Å². The van der Waals surface area contributed by atoms with E-state index >= 15 is 0 Å². The maximum absolute atomic E-state index is 12.7. The number of aromatic nitrogens is 1. The predicted molar refractivity (Wildman–Crippen MR) is 82.0 cm³/mol. The number of hydrogen-bond acceptors (Lipinski definition) is 6. The number of nitrogens with zero attached hydrogens (tertiary/aromatic N) is 2. The average molecular weight is 316 g/mol. The van der Waals surface area contributed by atoms with Crippen LogP contribution in [0.1, 0.15) is 19.3 Å². The summed E-state index contributed by atoms with van der Waals surface area (Å²) >= 11 is 1.81. The van der Waals surface area contributed by atoms with Crippen molar-refractivity contribution in [3.8, 4) is 0 Å². The molecule has 3 N–H and O–H groups in total. The van der Waals surface area contributed by atoms with E-state index in [1.54, 1.807) is 10.4 Å². The summed E-state index contributed by atoms with van der Waals surface area (Å²) in [7, 11) is -3.54. The van der Waals surface area contributed by atoms with Crippen molar-refractivity contribution in [3.63, 3.8) is 0 Å². The molecule has 1 aromatic rings. The molecule has 0 spiro atoms. The molecule has 0 bridgehead atoms. The molecule has 20 heavy (non-hydrogen) atoms.